The molecule has 3 rings (SSSR count). The molecule has 0 aliphatic carbocycles. The first-order chi connectivity index (χ1) is 17.9. The second-order valence-corrected chi connectivity index (χ2v) is 9.94. The Hall–Kier alpha value is -4.52. The van der Waals surface area contributed by atoms with Crippen molar-refractivity contribution in [1.82, 2.24) is 15.3 Å². The van der Waals surface area contributed by atoms with Crippen LogP contribution in [0.1, 0.15) is 45.7 Å². The molecule has 0 spiro atoms. The van der Waals surface area contributed by atoms with E-state index < -0.39 is 17.2 Å². The molecular weight excluding hydrogens is 486 g/mol. The molecule has 0 radical (unpaired) electrons. The number of benzene rings is 2. The topological polar surface area (TPSA) is 128 Å². The summed E-state index contributed by atoms with van der Waals surface area (Å²) in [5.41, 5.74) is 1.67. The van der Waals surface area contributed by atoms with Gasteiger partial charge in [0.05, 0.1) is 44.3 Å². The molecular formula is C28H33N5O5. The number of carbonyl (C=O) groups excluding carboxylic acids is 1. The highest BCUT2D eigenvalue weighted by atomic mass is 16.6. The number of hydrogen-bond acceptors (Lipinski definition) is 9. The van der Waals surface area contributed by atoms with E-state index in [1.54, 1.807) is 12.1 Å². The van der Waals surface area contributed by atoms with Crippen molar-refractivity contribution in [3.8, 4) is 34.6 Å². The standard InChI is InChI=1S/C28H33N5O5/c1-27(2,3)38-26(34)33-28(4,5)19-11-9-17(10-12-19)23-18(15-29)16-30-25(32-23)31-20-13-21(35-6)24(37-8)22(14-20)36-7/h9-14,16H,1-8H3,(H,33,34)(H,30,31,32). The Kier molecular flexibility index (Phi) is 8.31. The number of hydrogen-bond donors (Lipinski definition) is 2. The van der Waals surface area contributed by atoms with E-state index >= 15 is 0 Å². The van der Waals surface area contributed by atoms with E-state index in [9.17, 15) is 10.1 Å². The summed E-state index contributed by atoms with van der Waals surface area (Å²) in [5.74, 6) is 1.69. The fraction of sp³-hybridized carbons (Fsp3) is 0.357. The number of rotatable bonds is 8. The third-order valence-electron chi connectivity index (χ3n) is 5.52. The number of methoxy groups -OCH3 is 3. The molecule has 0 aliphatic rings. The number of amides is 1. The molecule has 0 fully saturated rings. The third kappa shape index (κ3) is 6.62. The highest BCUT2D eigenvalue weighted by Crippen LogP contribution is 2.40. The van der Waals surface area contributed by atoms with Crippen LogP contribution in [0.3, 0.4) is 0 Å². The van der Waals surface area contributed by atoms with Crippen LogP contribution in [0.5, 0.6) is 17.2 Å². The summed E-state index contributed by atoms with van der Waals surface area (Å²) in [6, 6.07) is 13.1. The lowest BCUT2D eigenvalue weighted by molar-refractivity contribution is 0.0470. The van der Waals surface area contributed by atoms with E-state index in [-0.39, 0.29) is 5.95 Å². The van der Waals surface area contributed by atoms with E-state index in [1.165, 1.54) is 27.5 Å². The molecule has 0 atom stereocenters. The van der Waals surface area contributed by atoms with Crippen LogP contribution >= 0.6 is 0 Å². The largest absolute Gasteiger partial charge is 0.493 e. The van der Waals surface area contributed by atoms with Gasteiger partial charge in [0, 0.05) is 23.4 Å². The smallest absolute Gasteiger partial charge is 0.408 e. The summed E-state index contributed by atoms with van der Waals surface area (Å²) in [7, 11) is 4.60. The molecule has 0 aliphatic heterocycles. The average Bonchev–Trinajstić information content (AvgIpc) is 2.86. The van der Waals surface area contributed by atoms with Gasteiger partial charge in [-0.1, -0.05) is 24.3 Å². The van der Waals surface area contributed by atoms with Crippen LogP contribution in [0.25, 0.3) is 11.3 Å². The maximum Gasteiger partial charge on any atom is 0.408 e. The first-order valence-corrected chi connectivity index (χ1v) is 11.9. The molecule has 0 saturated heterocycles. The zero-order chi connectivity index (χ0) is 28.1. The van der Waals surface area contributed by atoms with Crippen molar-refractivity contribution in [3.05, 3.63) is 53.7 Å². The molecule has 2 aromatic carbocycles. The highest BCUT2D eigenvalue weighted by molar-refractivity contribution is 5.71. The van der Waals surface area contributed by atoms with Gasteiger partial charge >= 0.3 is 6.09 Å². The molecule has 1 aromatic heterocycles. The van der Waals surface area contributed by atoms with Crippen molar-refractivity contribution in [3.63, 3.8) is 0 Å². The van der Waals surface area contributed by atoms with Crippen molar-refractivity contribution >= 4 is 17.7 Å². The lowest BCUT2D eigenvalue weighted by atomic mass is 9.93. The predicted molar refractivity (Wildman–Crippen MR) is 144 cm³/mol. The van der Waals surface area contributed by atoms with Crippen LogP contribution in [0.15, 0.2) is 42.6 Å². The third-order valence-corrected chi connectivity index (χ3v) is 5.52. The van der Waals surface area contributed by atoms with Crippen molar-refractivity contribution in [2.45, 2.75) is 45.8 Å². The zero-order valence-corrected chi connectivity index (χ0v) is 22.9. The molecule has 10 nitrogen and oxygen atoms in total. The molecule has 10 heteroatoms. The quantitative estimate of drug-likeness (QED) is 0.394. The maximum atomic E-state index is 12.3. The second kappa shape index (κ2) is 11.3. The Bertz CT molecular complexity index is 1320. The van der Waals surface area contributed by atoms with Gasteiger partial charge in [-0.25, -0.2) is 14.8 Å². The lowest BCUT2D eigenvalue weighted by Gasteiger charge is -2.29. The maximum absolute atomic E-state index is 12.3. The Morgan fingerprint density at radius 2 is 1.55 bits per heavy atom. The summed E-state index contributed by atoms with van der Waals surface area (Å²) >= 11 is 0. The average molecular weight is 520 g/mol. The number of anilines is 2. The Morgan fingerprint density at radius 3 is 2.05 bits per heavy atom. The normalized spacial score (nSPS) is 11.2. The minimum atomic E-state index is -0.691. The van der Waals surface area contributed by atoms with Crippen molar-refractivity contribution in [1.29, 1.82) is 5.26 Å². The summed E-state index contributed by atoms with van der Waals surface area (Å²) < 4.78 is 21.6. The molecule has 0 unspecified atom stereocenters. The van der Waals surface area contributed by atoms with E-state index in [0.29, 0.717) is 39.8 Å². The number of carbonyl (C=O) groups is 1. The summed E-state index contributed by atoms with van der Waals surface area (Å²) in [4.78, 5) is 21.2. The molecule has 1 heterocycles. The number of nitrogens with one attached hydrogen (secondary N) is 2. The summed E-state index contributed by atoms with van der Waals surface area (Å²) in [6.45, 7) is 9.21. The molecule has 38 heavy (non-hydrogen) atoms. The first kappa shape index (κ1) is 28.1. The van der Waals surface area contributed by atoms with Crippen LogP contribution < -0.4 is 24.8 Å². The van der Waals surface area contributed by atoms with Crippen molar-refractivity contribution in [2.75, 3.05) is 26.6 Å². The number of alkyl carbamates (subject to hydrolysis) is 1. The Morgan fingerprint density at radius 1 is 0.947 bits per heavy atom. The number of aromatic nitrogens is 2. The van der Waals surface area contributed by atoms with E-state index in [1.807, 2.05) is 58.9 Å². The van der Waals surface area contributed by atoms with Gasteiger partial charge in [0.1, 0.15) is 11.7 Å². The summed E-state index contributed by atoms with van der Waals surface area (Å²) in [5, 5.41) is 15.7. The van der Waals surface area contributed by atoms with Crippen molar-refractivity contribution < 1.29 is 23.7 Å². The molecule has 1 amide bonds. The van der Waals surface area contributed by atoms with Crippen LogP contribution in [0, 0.1) is 11.3 Å². The fourth-order valence-electron chi connectivity index (χ4n) is 3.70. The molecule has 0 bridgehead atoms. The monoisotopic (exact) mass is 519 g/mol. The minimum Gasteiger partial charge on any atom is -0.493 e. The van der Waals surface area contributed by atoms with Gasteiger partial charge in [0.2, 0.25) is 11.7 Å². The van der Waals surface area contributed by atoms with E-state index in [2.05, 4.69) is 26.7 Å². The van der Waals surface area contributed by atoms with Crippen LogP contribution in [-0.2, 0) is 10.3 Å². The molecule has 3 aromatic rings. The number of nitrogens with zero attached hydrogens (tertiary/aromatic N) is 3. The number of ether oxygens (including phenoxy) is 4. The van der Waals surface area contributed by atoms with Crippen LogP contribution in [0.4, 0.5) is 16.4 Å². The second-order valence-electron chi connectivity index (χ2n) is 9.94. The van der Waals surface area contributed by atoms with E-state index in [0.717, 1.165) is 5.56 Å². The molecule has 2 N–H and O–H groups in total. The Labute approximate surface area is 222 Å². The van der Waals surface area contributed by atoms with Gasteiger partial charge < -0.3 is 29.6 Å². The minimum absolute atomic E-state index is 0.282. The molecule has 200 valence electrons. The molecule has 0 saturated carbocycles. The zero-order valence-electron chi connectivity index (χ0n) is 22.9. The fourth-order valence-corrected chi connectivity index (χ4v) is 3.70. The van der Waals surface area contributed by atoms with Gasteiger partial charge in [-0.2, -0.15) is 5.26 Å². The van der Waals surface area contributed by atoms with Gasteiger partial charge in [0.25, 0.3) is 0 Å². The van der Waals surface area contributed by atoms with Crippen molar-refractivity contribution in [2.24, 2.45) is 0 Å². The van der Waals surface area contributed by atoms with E-state index in [4.69, 9.17) is 18.9 Å². The van der Waals surface area contributed by atoms with Gasteiger partial charge in [-0.3, -0.25) is 0 Å². The first-order valence-electron chi connectivity index (χ1n) is 11.9. The predicted octanol–water partition coefficient (Wildman–Crippen LogP) is 5.54. The highest BCUT2D eigenvalue weighted by Gasteiger charge is 2.26. The number of nitriles is 1. The summed E-state index contributed by atoms with van der Waals surface area (Å²) in [6.07, 6.45) is 0.960. The van der Waals surface area contributed by atoms with Gasteiger partial charge in [0.15, 0.2) is 11.5 Å². The van der Waals surface area contributed by atoms with Crippen LogP contribution in [-0.4, -0.2) is 43.0 Å². The van der Waals surface area contributed by atoms with Gasteiger partial charge in [-0.05, 0) is 40.2 Å². The van der Waals surface area contributed by atoms with Gasteiger partial charge in [-0.15, -0.1) is 0 Å². The lowest BCUT2D eigenvalue weighted by Crippen LogP contribution is -2.43. The SMILES string of the molecule is COc1cc(Nc2ncc(C#N)c(-c3ccc(C(C)(C)NC(=O)OC(C)(C)C)cc3)n2)cc(OC)c1OC. The Balaban J connectivity index is 1.89. The van der Waals surface area contributed by atoms with Crippen LogP contribution in [0.2, 0.25) is 0 Å².